The van der Waals surface area contributed by atoms with Crippen molar-refractivity contribution in [3.8, 4) is 11.5 Å². The van der Waals surface area contributed by atoms with Crippen LogP contribution >= 0.6 is 0 Å². The van der Waals surface area contributed by atoms with Gasteiger partial charge in [-0.1, -0.05) is 29.8 Å². The molecular weight excluding hydrogens is 346 g/mol. The van der Waals surface area contributed by atoms with Gasteiger partial charge in [-0.2, -0.15) is 0 Å². The van der Waals surface area contributed by atoms with E-state index in [2.05, 4.69) is 5.32 Å². The topological polar surface area (TPSA) is 73.9 Å². The zero-order chi connectivity index (χ0) is 19.6. The molecule has 1 N–H and O–H groups in total. The molecule has 2 aromatic rings. The predicted molar refractivity (Wildman–Crippen MR) is 102 cm³/mol. The van der Waals surface area contributed by atoms with Crippen LogP contribution in [0.2, 0.25) is 0 Å². The van der Waals surface area contributed by atoms with Crippen molar-refractivity contribution < 1.29 is 23.8 Å². The van der Waals surface area contributed by atoms with Crippen molar-refractivity contribution in [1.82, 2.24) is 5.32 Å². The first-order valence-electron chi connectivity index (χ1n) is 8.80. The molecule has 0 saturated heterocycles. The van der Waals surface area contributed by atoms with Gasteiger partial charge in [0.15, 0.2) is 6.61 Å². The number of rotatable bonds is 9. The zero-order valence-corrected chi connectivity index (χ0v) is 15.9. The van der Waals surface area contributed by atoms with Gasteiger partial charge in [-0.25, -0.2) is 0 Å². The van der Waals surface area contributed by atoms with E-state index in [4.69, 9.17) is 14.2 Å². The number of ether oxygens (including phenoxy) is 3. The second-order valence-corrected chi connectivity index (χ2v) is 6.00. The van der Waals surface area contributed by atoms with E-state index in [1.807, 2.05) is 43.3 Å². The molecule has 0 aliphatic heterocycles. The second-order valence-electron chi connectivity index (χ2n) is 6.00. The van der Waals surface area contributed by atoms with E-state index in [1.165, 1.54) is 0 Å². The van der Waals surface area contributed by atoms with Crippen molar-refractivity contribution in [1.29, 1.82) is 0 Å². The summed E-state index contributed by atoms with van der Waals surface area (Å²) in [7, 11) is 1.58. The molecule has 0 bridgehead atoms. The lowest BCUT2D eigenvalue weighted by atomic mass is 10.0. The van der Waals surface area contributed by atoms with Crippen LogP contribution in [-0.4, -0.2) is 32.2 Å². The molecule has 27 heavy (non-hydrogen) atoms. The van der Waals surface area contributed by atoms with Crippen LogP contribution < -0.4 is 14.8 Å². The summed E-state index contributed by atoms with van der Waals surface area (Å²) in [5, 5.41) is 2.84. The Kier molecular flexibility index (Phi) is 7.67. The Hall–Kier alpha value is -3.02. The Bertz CT molecular complexity index is 740. The van der Waals surface area contributed by atoms with Gasteiger partial charge >= 0.3 is 5.97 Å². The van der Waals surface area contributed by atoms with Gasteiger partial charge in [-0.3, -0.25) is 9.59 Å². The van der Waals surface area contributed by atoms with E-state index in [1.54, 1.807) is 26.2 Å². The fourth-order valence-corrected chi connectivity index (χ4v) is 2.49. The molecular formula is C21H25NO5. The minimum Gasteiger partial charge on any atom is -0.497 e. The number of carbonyl (C=O) groups is 2. The summed E-state index contributed by atoms with van der Waals surface area (Å²) in [5.74, 6) is 0.614. The van der Waals surface area contributed by atoms with Crippen molar-refractivity contribution in [2.24, 2.45) is 0 Å². The Morgan fingerprint density at radius 3 is 2.22 bits per heavy atom. The van der Waals surface area contributed by atoms with Crippen LogP contribution in [0.25, 0.3) is 0 Å². The molecule has 0 radical (unpaired) electrons. The van der Waals surface area contributed by atoms with Crippen LogP contribution in [0.5, 0.6) is 11.5 Å². The molecule has 144 valence electrons. The smallest absolute Gasteiger partial charge is 0.308 e. The van der Waals surface area contributed by atoms with Gasteiger partial charge in [0.2, 0.25) is 0 Å². The molecule has 0 fully saturated rings. The minimum absolute atomic E-state index is 0.0381. The van der Waals surface area contributed by atoms with E-state index in [9.17, 15) is 9.59 Å². The monoisotopic (exact) mass is 371 g/mol. The lowest BCUT2D eigenvalue weighted by Crippen LogP contribution is -2.34. The van der Waals surface area contributed by atoms with E-state index >= 15 is 0 Å². The summed E-state index contributed by atoms with van der Waals surface area (Å²) in [4.78, 5) is 24.2. The highest BCUT2D eigenvalue weighted by molar-refractivity contribution is 5.79. The highest BCUT2D eigenvalue weighted by Gasteiger charge is 2.19. The number of esters is 1. The molecule has 0 aromatic heterocycles. The van der Waals surface area contributed by atoms with Crippen molar-refractivity contribution in [2.45, 2.75) is 26.3 Å². The molecule has 6 heteroatoms. The van der Waals surface area contributed by atoms with E-state index in [0.29, 0.717) is 18.1 Å². The maximum Gasteiger partial charge on any atom is 0.308 e. The van der Waals surface area contributed by atoms with Crippen LogP contribution in [0.1, 0.15) is 30.5 Å². The van der Waals surface area contributed by atoms with Gasteiger partial charge in [-0.15, -0.1) is 0 Å². The molecule has 0 heterocycles. The SMILES string of the molecule is CCOC(=O)C[C@H](NC(=O)COc1ccc(C)cc1)c1ccc(OC)cc1. The summed E-state index contributed by atoms with van der Waals surface area (Å²) >= 11 is 0. The van der Waals surface area contributed by atoms with Crippen LogP contribution in [0, 0.1) is 6.92 Å². The number of nitrogens with one attached hydrogen (secondary N) is 1. The van der Waals surface area contributed by atoms with Crippen LogP contribution in [0.3, 0.4) is 0 Å². The summed E-state index contributed by atoms with van der Waals surface area (Å²) < 4.78 is 15.7. The van der Waals surface area contributed by atoms with E-state index < -0.39 is 6.04 Å². The van der Waals surface area contributed by atoms with Gasteiger partial charge in [0.1, 0.15) is 11.5 Å². The first-order valence-corrected chi connectivity index (χ1v) is 8.80. The Labute approximate surface area is 159 Å². The van der Waals surface area contributed by atoms with Crippen LogP contribution in [-0.2, 0) is 14.3 Å². The minimum atomic E-state index is -0.510. The van der Waals surface area contributed by atoms with Gasteiger partial charge in [0, 0.05) is 0 Å². The molecule has 0 unspecified atom stereocenters. The lowest BCUT2D eigenvalue weighted by Gasteiger charge is -2.19. The average Bonchev–Trinajstić information content (AvgIpc) is 2.67. The summed E-state index contributed by atoms with van der Waals surface area (Å²) in [6.07, 6.45) is 0.0381. The molecule has 0 aliphatic rings. The van der Waals surface area contributed by atoms with Gasteiger partial charge in [0.25, 0.3) is 5.91 Å². The fraction of sp³-hybridized carbons (Fsp3) is 0.333. The number of aryl methyl sites for hydroxylation is 1. The number of carbonyl (C=O) groups excluding carboxylic acids is 2. The van der Waals surface area contributed by atoms with Crippen LogP contribution in [0.4, 0.5) is 0 Å². The van der Waals surface area contributed by atoms with E-state index in [-0.39, 0.29) is 24.9 Å². The quantitative estimate of drug-likeness (QED) is 0.685. The normalized spacial score (nSPS) is 11.4. The summed E-state index contributed by atoms with van der Waals surface area (Å²) in [6, 6.07) is 14.1. The molecule has 1 atom stereocenters. The Balaban J connectivity index is 2.01. The zero-order valence-electron chi connectivity index (χ0n) is 15.9. The maximum absolute atomic E-state index is 12.3. The summed E-state index contributed by atoms with van der Waals surface area (Å²) in [5.41, 5.74) is 1.90. The second kappa shape index (κ2) is 10.2. The van der Waals surface area contributed by atoms with Crippen LogP contribution in [0.15, 0.2) is 48.5 Å². The molecule has 0 spiro atoms. The highest BCUT2D eigenvalue weighted by Crippen LogP contribution is 2.21. The van der Waals surface area contributed by atoms with Crippen molar-refractivity contribution in [2.75, 3.05) is 20.3 Å². The standard InChI is InChI=1S/C21H25NO5/c1-4-26-21(24)13-19(16-7-11-17(25-3)12-8-16)22-20(23)14-27-18-9-5-15(2)6-10-18/h5-12,19H,4,13-14H2,1-3H3,(H,22,23)/t19-/m0/s1. The first kappa shape index (κ1) is 20.3. The third-order valence-corrected chi connectivity index (χ3v) is 3.92. The highest BCUT2D eigenvalue weighted by atomic mass is 16.5. The third-order valence-electron chi connectivity index (χ3n) is 3.92. The fourth-order valence-electron chi connectivity index (χ4n) is 2.49. The molecule has 1 amide bonds. The number of benzene rings is 2. The largest absolute Gasteiger partial charge is 0.497 e. The number of hydrogen-bond acceptors (Lipinski definition) is 5. The molecule has 6 nitrogen and oxygen atoms in total. The van der Waals surface area contributed by atoms with Crippen molar-refractivity contribution in [3.63, 3.8) is 0 Å². The van der Waals surface area contributed by atoms with Crippen molar-refractivity contribution in [3.05, 3.63) is 59.7 Å². The number of hydrogen-bond donors (Lipinski definition) is 1. The molecule has 0 aliphatic carbocycles. The first-order chi connectivity index (χ1) is 13.0. The molecule has 2 aromatic carbocycles. The van der Waals surface area contributed by atoms with Gasteiger partial charge in [0.05, 0.1) is 26.2 Å². The molecule has 0 saturated carbocycles. The lowest BCUT2D eigenvalue weighted by molar-refractivity contribution is -0.143. The van der Waals surface area contributed by atoms with Crippen molar-refractivity contribution >= 4 is 11.9 Å². The van der Waals surface area contributed by atoms with Gasteiger partial charge < -0.3 is 19.5 Å². The Morgan fingerprint density at radius 1 is 1.00 bits per heavy atom. The average molecular weight is 371 g/mol. The third kappa shape index (κ3) is 6.66. The maximum atomic E-state index is 12.3. The van der Waals surface area contributed by atoms with Gasteiger partial charge in [-0.05, 0) is 43.7 Å². The predicted octanol–water partition coefficient (Wildman–Crippen LogP) is 3.19. The Morgan fingerprint density at radius 2 is 1.63 bits per heavy atom. The van der Waals surface area contributed by atoms with E-state index in [0.717, 1.165) is 11.1 Å². The number of amides is 1. The summed E-state index contributed by atoms with van der Waals surface area (Å²) in [6.45, 7) is 3.87. The number of methoxy groups -OCH3 is 1. The molecule has 2 rings (SSSR count).